The van der Waals surface area contributed by atoms with Crippen LogP contribution in [0.5, 0.6) is 5.75 Å². The Balaban J connectivity index is 2.32. The predicted octanol–water partition coefficient (Wildman–Crippen LogP) is 1.81. The Hall–Kier alpha value is -2.30. The zero-order valence-electron chi connectivity index (χ0n) is 10.1. The average Bonchev–Trinajstić information content (AvgIpc) is 2.40. The number of aromatic amines is 1. The molecule has 5 nitrogen and oxygen atoms in total. The van der Waals surface area contributed by atoms with Crippen molar-refractivity contribution in [3.05, 3.63) is 40.7 Å². The summed E-state index contributed by atoms with van der Waals surface area (Å²) in [5, 5.41) is 6.32. The van der Waals surface area contributed by atoms with Gasteiger partial charge in [-0.25, -0.2) is 5.10 Å². The molecular formula is C13H15N3O2. The van der Waals surface area contributed by atoms with Crippen molar-refractivity contribution in [2.75, 3.05) is 12.3 Å². The largest absolute Gasteiger partial charge is 0.494 e. The molecule has 0 aliphatic heterocycles. The lowest BCUT2D eigenvalue weighted by Gasteiger charge is -2.06. The number of nitrogens with zero attached hydrogens (tertiary/aromatic N) is 1. The lowest BCUT2D eigenvalue weighted by atomic mass is 10.1. The topological polar surface area (TPSA) is 81.0 Å². The smallest absolute Gasteiger partial charge is 0.287 e. The summed E-state index contributed by atoms with van der Waals surface area (Å²) >= 11 is 0. The van der Waals surface area contributed by atoms with Gasteiger partial charge < -0.3 is 10.5 Å². The average molecular weight is 245 g/mol. The third-order valence-corrected chi connectivity index (χ3v) is 2.43. The van der Waals surface area contributed by atoms with Gasteiger partial charge in [0.05, 0.1) is 12.3 Å². The van der Waals surface area contributed by atoms with Crippen LogP contribution in [0.3, 0.4) is 0 Å². The molecule has 0 saturated carbocycles. The SMILES string of the molecule is CCCOc1cccc(-c2cc(N)c(=O)[nH]n2)c1. The fourth-order valence-electron chi connectivity index (χ4n) is 1.53. The molecule has 94 valence electrons. The second kappa shape index (κ2) is 5.35. The van der Waals surface area contributed by atoms with E-state index in [0.29, 0.717) is 12.3 Å². The highest BCUT2D eigenvalue weighted by Gasteiger charge is 2.04. The van der Waals surface area contributed by atoms with Crippen molar-refractivity contribution in [2.45, 2.75) is 13.3 Å². The predicted molar refractivity (Wildman–Crippen MR) is 70.5 cm³/mol. The van der Waals surface area contributed by atoms with Crippen LogP contribution in [-0.2, 0) is 0 Å². The van der Waals surface area contributed by atoms with Crippen LogP contribution < -0.4 is 16.0 Å². The first-order chi connectivity index (χ1) is 8.70. The number of benzene rings is 1. The van der Waals surface area contributed by atoms with E-state index in [-0.39, 0.29) is 11.2 Å². The van der Waals surface area contributed by atoms with Gasteiger partial charge >= 0.3 is 0 Å². The molecule has 2 aromatic rings. The van der Waals surface area contributed by atoms with E-state index in [0.717, 1.165) is 17.7 Å². The number of ether oxygens (including phenoxy) is 1. The van der Waals surface area contributed by atoms with E-state index < -0.39 is 0 Å². The molecule has 0 spiro atoms. The number of nitrogen functional groups attached to an aromatic ring is 1. The molecular weight excluding hydrogens is 230 g/mol. The number of aromatic nitrogens is 2. The summed E-state index contributed by atoms with van der Waals surface area (Å²) in [4.78, 5) is 11.1. The lowest BCUT2D eigenvalue weighted by molar-refractivity contribution is 0.317. The number of nitrogens with one attached hydrogen (secondary N) is 1. The highest BCUT2D eigenvalue weighted by atomic mass is 16.5. The van der Waals surface area contributed by atoms with Gasteiger partial charge in [0, 0.05) is 5.56 Å². The van der Waals surface area contributed by atoms with Crippen molar-refractivity contribution in [2.24, 2.45) is 0 Å². The summed E-state index contributed by atoms with van der Waals surface area (Å²) in [5.74, 6) is 0.779. The van der Waals surface area contributed by atoms with Crippen molar-refractivity contribution in [3.63, 3.8) is 0 Å². The van der Waals surface area contributed by atoms with Crippen molar-refractivity contribution >= 4 is 5.69 Å². The Labute approximate surface area is 105 Å². The van der Waals surface area contributed by atoms with Crippen LogP contribution in [0.25, 0.3) is 11.3 Å². The van der Waals surface area contributed by atoms with Gasteiger partial charge in [0.25, 0.3) is 5.56 Å². The summed E-state index contributed by atoms with van der Waals surface area (Å²) in [6.07, 6.45) is 0.952. The van der Waals surface area contributed by atoms with Crippen molar-refractivity contribution in [1.29, 1.82) is 0 Å². The minimum Gasteiger partial charge on any atom is -0.494 e. The number of hydrogen-bond acceptors (Lipinski definition) is 4. The van der Waals surface area contributed by atoms with Crippen LogP contribution in [0.2, 0.25) is 0 Å². The Morgan fingerprint density at radius 1 is 1.39 bits per heavy atom. The van der Waals surface area contributed by atoms with E-state index >= 15 is 0 Å². The highest BCUT2D eigenvalue weighted by Crippen LogP contribution is 2.22. The van der Waals surface area contributed by atoms with E-state index in [2.05, 4.69) is 10.2 Å². The molecule has 5 heteroatoms. The molecule has 1 aromatic carbocycles. The van der Waals surface area contributed by atoms with Crippen LogP contribution in [0.4, 0.5) is 5.69 Å². The number of hydrogen-bond donors (Lipinski definition) is 2. The fraction of sp³-hybridized carbons (Fsp3) is 0.231. The molecule has 0 amide bonds. The summed E-state index contributed by atoms with van der Waals surface area (Å²) in [6, 6.07) is 9.07. The van der Waals surface area contributed by atoms with Crippen LogP contribution in [0.1, 0.15) is 13.3 Å². The monoisotopic (exact) mass is 245 g/mol. The molecule has 0 unspecified atom stereocenters. The van der Waals surface area contributed by atoms with Gasteiger partial charge in [-0.3, -0.25) is 4.79 Å². The molecule has 18 heavy (non-hydrogen) atoms. The second-order valence-corrected chi connectivity index (χ2v) is 3.91. The first-order valence-corrected chi connectivity index (χ1v) is 5.79. The maximum atomic E-state index is 11.1. The van der Waals surface area contributed by atoms with Gasteiger partial charge in [-0.2, -0.15) is 5.10 Å². The van der Waals surface area contributed by atoms with E-state index in [4.69, 9.17) is 10.5 Å². The molecule has 2 rings (SSSR count). The first-order valence-electron chi connectivity index (χ1n) is 5.79. The summed E-state index contributed by atoms with van der Waals surface area (Å²) in [7, 11) is 0. The third kappa shape index (κ3) is 2.68. The van der Waals surface area contributed by atoms with E-state index in [1.165, 1.54) is 0 Å². The highest BCUT2D eigenvalue weighted by molar-refractivity contribution is 5.63. The zero-order valence-corrected chi connectivity index (χ0v) is 10.1. The molecule has 3 N–H and O–H groups in total. The van der Waals surface area contributed by atoms with Gasteiger partial charge in [-0.05, 0) is 24.6 Å². The summed E-state index contributed by atoms with van der Waals surface area (Å²) < 4.78 is 5.54. The molecule has 0 aliphatic carbocycles. The zero-order chi connectivity index (χ0) is 13.0. The standard InChI is InChI=1S/C13H15N3O2/c1-2-6-18-10-5-3-4-9(7-10)12-8-11(14)13(17)16-15-12/h3-5,7-8H,2,6H2,1H3,(H2,14,15)(H,16,17). The maximum Gasteiger partial charge on any atom is 0.287 e. The second-order valence-electron chi connectivity index (χ2n) is 3.91. The number of rotatable bonds is 4. The maximum absolute atomic E-state index is 11.1. The van der Waals surface area contributed by atoms with Crippen LogP contribution >= 0.6 is 0 Å². The third-order valence-electron chi connectivity index (χ3n) is 2.43. The summed E-state index contributed by atoms with van der Waals surface area (Å²) in [6.45, 7) is 2.72. The van der Waals surface area contributed by atoms with Crippen LogP contribution in [-0.4, -0.2) is 16.8 Å². The normalized spacial score (nSPS) is 10.3. The molecule has 0 atom stereocenters. The Morgan fingerprint density at radius 3 is 2.94 bits per heavy atom. The van der Waals surface area contributed by atoms with E-state index in [1.807, 2.05) is 31.2 Å². The summed E-state index contributed by atoms with van der Waals surface area (Å²) in [5.41, 5.74) is 6.81. The molecule has 0 saturated heterocycles. The van der Waals surface area contributed by atoms with Crippen LogP contribution in [0.15, 0.2) is 35.1 Å². The van der Waals surface area contributed by atoms with Gasteiger partial charge in [0.15, 0.2) is 0 Å². The molecule has 1 aromatic heterocycles. The minimum absolute atomic E-state index is 0.153. The molecule has 0 bridgehead atoms. The van der Waals surface area contributed by atoms with Crippen molar-refractivity contribution in [3.8, 4) is 17.0 Å². The van der Waals surface area contributed by atoms with Gasteiger partial charge in [-0.15, -0.1) is 0 Å². The minimum atomic E-state index is -0.378. The van der Waals surface area contributed by atoms with Crippen molar-refractivity contribution in [1.82, 2.24) is 10.2 Å². The quantitative estimate of drug-likeness (QED) is 0.860. The molecule has 0 fully saturated rings. The molecule has 0 radical (unpaired) electrons. The first kappa shape index (κ1) is 12.2. The number of anilines is 1. The number of nitrogens with two attached hydrogens (primary N) is 1. The Kier molecular flexibility index (Phi) is 3.62. The van der Waals surface area contributed by atoms with E-state index in [1.54, 1.807) is 6.07 Å². The van der Waals surface area contributed by atoms with Crippen LogP contribution in [0, 0.1) is 0 Å². The molecule has 0 aliphatic rings. The number of H-pyrrole nitrogens is 1. The Morgan fingerprint density at radius 2 is 2.22 bits per heavy atom. The Bertz CT molecular complexity index is 593. The van der Waals surface area contributed by atoms with Gasteiger partial charge in [-0.1, -0.05) is 19.1 Å². The van der Waals surface area contributed by atoms with Gasteiger partial charge in [0.2, 0.25) is 0 Å². The fourth-order valence-corrected chi connectivity index (χ4v) is 1.53. The van der Waals surface area contributed by atoms with Crippen molar-refractivity contribution < 1.29 is 4.74 Å². The molecule has 1 heterocycles. The lowest BCUT2D eigenvalue weighted by Crippen LogP contribution is -2.13. The van der Waals surface area contributed by atoms with Gasteiger partial charge in [0.1, 0.15) is 11.4 Å². The van der Waals surface area contributed by atoms with E-state index in [9.17, 15) is 4.79 Å².